The number of carbonyl (C=O) groups is 1. The zero-order valence-corrected chi connectivity index (χ0v) is 10.2. The van der Waals surface area contributed by atoms with Crippen LogP contribution in [-0.4, -0.2) is 36.5 Å². The highest BCUT2D eigenvalue weighted by Crippen LogP contribution is 2.31. The molecule has 2 atom stereocenters. The van der Waals surface area contributed by atoms with Gasteiger partial charge < -0.3 is 14.6 Å². The predicted molar refractivity (Wildman–Crippen MR) is 60.0 cm³/mol. The van der Waals surface area contributed by atoms with Crippen molar-refractivity contribution in [1.29, 1.82) is 0 Å². The van der Waals surface area contributed by atoms with Crippen molar-refractivity contribution in [1.82, 2.24) is 0 Å². The molecule has 0 spiro atoms. The van der Waals surface area contributed by atoms with Gasteiger partial charge in [0, 0.05) is 6.61 Å². The topological polar surface area (TPSA) is 55.8 Å². The van der Waals surface area contributed by atoms with Gasteiger partial charge in [0.15, 0.2) is 0 Å². The highest BCUT2D eigenvalue weighted by atomic mass is 16.5. The molecule has 1 fully saturated rings. The summed E-state index contributed by atoms with van der Waals surface area (Å²) in [6, 6.07) is 0. The van der Waals surface area contributed by atoms with E-state index in [1.807, 2.05) is 6.92 Å². The van der Waals surface area contributed by atoms with Crippen LogP contribution in [0.4, 0.5) is 0 Å². The monoisotopic (exact) mass is 230 g/mol. The molecule has 2 unspecified atom stereocenters. The maximum absolute atomic E-state index is 11.8. The van der Waals surface area contributed by atoms with Gasteiger partial charge in [-0.25, -0.2) is 0 Å². The molecule has 0 radical (unpaired) electrons. The zero-order valence-electron chi connectivity index (χ0n) is 10.2. The predicted octanol–water partition coefficient (Wildman–Crippen LogP) is 1.51. The molecule has 1 heterocycles. The van der Waals surface area contributed by atoms with E-state index in [9.17, 15) is 9.90 Å². The Bertz CT molecular complexity index is 221. The average molecular weight is 230 g/mol. The molecule has 4 nitrogen and oxygen atoms in total. The van der Waals surface area contributed by atoms with Crippen molar-refractivity contribution in [2.24, 2.45) is 5.92 Å². The molecular formula is C12H22O4. The van der Waals surface area contributed by atoms with E-state index in [0.29, 0.717) is 26.1 Å². The van der Waals surface area contributed by atoms with E-state index in [1.54, 1.807) is 6.92 Å². The van der Waals surface area contributed by atoms with E-state index in [2.05, 4.69) is 0 Å². The van der Waals surface area contributed by atoms with Crippen LogP contribution in [0.5, 0.6) is 0 Å². The summed E-state index contributed by atoms with van der Waals surface area (Å²) < 4.78 is 10.3. The number of hydrogen-bond donors (Lipinski definition) is 1. The summed E-state index contributed by atoms with van der Waals surface area (Å²) in [5.74, 6) is -0.741. The molecular weight excluding hydrogens is 208 g/mol. The number of esters is 1. The molecule has 1 saturated heterocycles. The van der Waals surface area contributed by atoms with Crippen molar-refractivity contribution in [2.45, 2.75) is 45.1 Å². The SMILES string of the molecule is CCCC(C(=O)OCC)C1(O)CCCOC1. The standard InChI is InChI=1S/C12H22O4/c1-3-6-10(11(13)16-4-2)12(14)7-5-8-15-9-12/h10,14H,3-9H2,1-2H3. The first-order valence-electron chi connectivity index (χ1n) is 6.10. The summed E-state index contributed by atoms with van der Waals surface area (Å²) in [7, 11) is 0. The Labute approximate surface area is 96.9 Å². The minimum Gasteiger partial charge on any atom is -0.466 e. The largest absolute Gasteiger partial charge is 0.466 e. The van der Waals surface area contributed by atoms with Crippen molar-refractivity contribution in [2.75, 3.05) is 19.8 Å². The highest BCUT2D eigenvalue weighted by molar-refractivity contribution is 5.74. The first kappa shape index (κ1) is 13.5. The van der Waals surface area contributed by atoms with Crippen LogP contribution in [0.15, 0.2) is 0 Å². The van der Waals surface area contributed by atoms with Crippen LogP contribution in [0.2, 0.25) is 0 Å². The van der Waals surface area contributed by atoms with Crippen molar-refractivity contribution in [3.05, 3.63) is 0 Å². The lowest BCUT2D eigenvalue weighted by Gasteiger charge is -2.37. The van der Waals surface area contributed by atoms with Crippen LogP contribution < -0.4 is 0 Å². The molecule has 0 saturated carbocycles. The molecule has 1 aliphatic heterocycles. The lowest BCUT2D eigenvalue weighted by Crippen LogP contribution is -2.49. The average Bonchev–Trinajstić information content (AvgIpc) is 2.27. The second kappa shape index (κ2) is 6.21. The van der Waals surface area contributed by atoms with Crippen LogP contribution in [0.1, 0.15) is 39.5 Å². The summed E-state index contributed by atoms with van der Waals surface area (Å²) in [4.78, 5) is 11.8. The molecule has 1 rings (SSSR count). The summed E-state index contributed by atoms with van der Waals surface area (Å²) >= 11 is 0. The Balaban J connectivity index is 2.70. The van der Waals surface area contributed by atoms with Crippen molar-refractivity contribution in [3.8, 4) is 0 Å². The van der Waals surface area contributed by atoms with Gasteiger partial charge in [-0.05, 0) is 26.2 Å². The second-order valence-corrected chi connectivity index (χ2v) is 4.35. The molecule has 4 heteroatoms. The number of hydrogen-bond acceptors (Lipinski definition) is 4. The van der Waals surface area contributed by atoms with Gasteiger partial charge in [0.05, 0.1) is 19.1 Å². The van der Waals surface area contributed by atoms with Crippen LogP contribution >= 0.6 is 0 Å². The fourth-order valence-electron chi connectivity index (χ4n) is 2.21. The number of aliphatic hydroxyl groups is 1. The Hall–Kier alpha value is -0.610. The lowest BCUT2D eigenvalue weighted by molar-refractivity contribution is -0.171. The molecule has 16 heavy (non-hydrogen) atoms. The molecule has 0 aliphatic carbocycles. The van der Waals surface area contributed by atoms with E-state index >= 15 is 0 Å². The Morgan fingerprint density at radius 3 is 2.81 bits per heavy atom. The van der Waals surface area contributed by atoms with E-state index in [4.69, 9.17) is 9.47 Å². The first-order valence-corrected chi connectivity index (χ1v) is 6.10. The van der Waals surface area contributed by atoms with Crippen LogP contribution in [0.3, 0.4) is 0 Å². The number of carbonyl (C=O) groups excluding carboxylic acids is 1. The van der Waals surface area contributed by atoms with Crippen LogP contribution in [-0.2, 0) is 14.3 Å². The lowest BCUT2D eigenvalue weighted by atomic mass is 9.80. The fraction of sp³-hybridized carbons (Fsp3) is 0.917. The van der Waals surface area contributed by atoms with Crippen molar-refractivity contribution >= 4 is 5.97 Å². The van der Waals surface area contributed by atoms with E-state index in [-0.39, 0.29) is 12.6 Å². The van der Waals surface area contributed by atoms with Crippen LogP contribution in [0, 0.1) is 5.92 Å². The third-order valence-corrected chi connectivity index (χ3v) is 3.05. The molecule has 1 aliphatic rings. The molecule has 94 valence electrons. The van der Waals surface area contributed by atoms with Gasteiger partial charge in [-0.3, -0.25) is 4.79 Å². The van der Waals surface area contributed by atoms with Gasteiger partial charge >= 0.3 is 5.97 Å². The maximum atomic E-state index is 11.8. The molecule has 1 N–H and O–H groups in total. The number of ether oxygens (including phenoxy) is 2. The normalized spacial score (nSPS) is 27.4. The maximum Gasteiger partial charge on any atom is 0.311 e. The van der Waals surface area contributed by atoms with Crippen molar-refractivity contribution < 1.29 is 19.4 Å². The molecule has 0 aromatic carbocycles. The third-order valence-electron chi connectivity index (χ3n) is 3.05. The quantitative estimate of drug-likeness (QED) is 0.727. The van der Waals surface area contributed by atoms with E-state index in [0.717, 1.165) is 12.8 Å². The fourth-order valence-corrected chi connectivity index (χ4v) is 2.21. The summed E-state index contributed by atoms with van der Waals surface area (Å²) in [6.07, 6.45) is 2.93. The molecule has 0 amide bonds. The van der Waals surface area contributed by atoms with Gasteiger partial charge in [0.25, 0.3) is 0 Å². The minimum absolute atomic E-state index is 0.247. The summed E-state index contributed by atoms with van der Waals surface area (Å²) in [5, 5.41) is 10.4. The van der Waals surface area contributed by atoms with Gasteiger partial charge in [0.2, 0.25) is 0 Å². The van der Waals surface area contributed by atoms with Gasteiger partial charge in [-0.1, -0.05) is 13.3 Å². The van der Waals surface area contributed by atoms with Crippen molar-refractivity contribution in [3.63, 3.8) is 0 Å². The number of rotatable bonds is 5. The summed E-state index contributed by atoms with van der Waals surface area (Å²) in [5.41, 5.74) is -1.03. The molecule has 0 aromatic heterocycles. The van der Waals surface area contributed by atoms with E-state index in [1.165, 1.54) is 0 Å². The zero-order chi connectivity index (χ0) is 12.0. The Morgan fingerprint density at radius 1 is 1.56 bits per heavy atom. The molecule has 0 aromatic rings. The van der Waals surface area contributed by atoms with Gasteiger partial charge in [-0.15, -0.1) is 0 Å². The third kappa shape index (κ3) is 3.19. The Kier molecular flexibility index (Phi) is 5.22. The Morgan fingerprint density at radius 2 is 2.31 bits per heavy atom. The van der Waals surface area contributed by atoms with E-state index < -0.39 is 11.5 Å². The molecule has 0 bridgehead atoms. The highest BCUT2D eigenvalue weighted by Gasteiger charge is 2.43. The van der Waals surface area contributed by atoms with Gasteiger partial charge in [0.1, 0.15) is 5.60 Å². The van der Waals surface area contributed by atoms with Gasteiger partial charge in [-0.2, -0.15) is 0 Å². The van der Waals surface area contributed by atoms with Crippen LogP contribution in [0.25, 0.3) is 0 Å². The first-order chi connectivity index (χ1) is 7.64. The summed E-state index contributed by atoms with van der Waals surface area (Å²) in [6.45, 7) is 5.05. The smallest absolute Gasteiger partial charge is 0.311 e. The second-order valence-electron chi connectivity index (χ2n) is 4.35. The minimum atomic E-state index is -1.03.